The Morgan fingerprint density at radius 3 is 2.24 bits per heavy atom. The van der Waals surface area contributed by atoms with Crippen molar-refractivity contribution in [3.05, 3.63) is 24.3 Å². The van der Waals surface area contributed by atoms with Crippen molar-refractivity contribution in [2.24, 2.45) is 0 Å². The molecular formula is C12H16BrF3N2O2S. The molecule has 9 heteroatoms. The van der Waals surface area contributed by atoms with Gasteiger partial charge in [0.1, 0.15) is 11.4 Å². The summed E-state index contributed by atoms with van der Waals surface area (Å²) in [5, 5.41) is 0.291. The molecule has 1 aromatic carbocycles. The topological polar surface area (TPSA) is 40.6 Å². The second-order valence-corrected chi connectivity index (χ2v) is 7.39. The van der Waals surface area contributed by atoms with Gasteiger partial charge in [0.2, 0.25) is 10.0 Å². The van der Waals surface area contributed by atoms with Crippen LogP contribution in [0.5, 0.6) is 0 Å². The predicted octanol–water partition coefficient (Wildman–Crippen LogP) is 2.70. The summed E-state index contributed by atoms with van der Waals surface area (Å²) in [6.45, 7) is -1.17. The van der Waals surface area contributed by atoms with Crippen molar-refractivity contribution < 1.29 is 21.6 Å². The molecule has 0 aliphatic heterocycles. The molecule has 120 valence electrons. The van der Waals surface area contributed by atoms with Gasteiger partial charge in [-0.3, -0.25) is 0 Å². The molecule has 0 atom stereocenters. The molecule has 0 aromatic heterocycles. The number of sulfonamides is 1. The molecule has 0 saturated heterocycles. The smallest absolute Gasteiger partial charge is 0.361 e. The zero-order valence-electron chi connectivity index (χ0n) is 11.6. The lowest BCUT2D eigenvalue weighted by Gasteiger charge is -2.27. The second-order valence-electron chi connectivity index (χ2n) is 4.48. The Balaban J connectivity index is 3.33. The molecule has 21 heavy (non-hydrogen) atoms. The van der Waals surface area contributed by atoms with Gasteiger partial charge in [0.15, 0.2) is 0 Å². The minimum Gasteiger partial charge on any atom is -0.361 e. The number of para-hydroxylation sites is 1. The van der Waals surface area contributed by atoms with E-state index in [4.69, 9.17) is 0 Å². The fraction of sp³-hybridized carbons (Fsp3) is 0.500. The number of nitrogens with zero attached hydrogens (tertiary/aromatic N) is 2. The molecule has 0 radical (unpaired) electrons. The van der Waals surface area contributed by atoms with Crippen LogP contribution in [-0.2, 0) is 10.0 Å². The number of benzene rings is 1. The highest BCUT2D eigenvalue weighted by Gasteiger charge is 2.33. The summed E-state index contributed by atoms with van der Waals surface area (Å²) in [5.74, 6) is 0. The Morgan fingerprint density at radius 1 is 1.19 bits per heavy atom. The lowest BCUT2D eigenvalue weighted by Crippen LogP contribution is -2.37. The SMILES string of the molecule is CN(C)S(=O)(=O)c1ccccc1N(CCBr)CC(F)(F)F. The van der Waals surface area contributed by atoms with Crippen molar-refractivity contribution in [2.45, 2.75) is 11.1 Å². The fourth-order valence-electron chi connectivity index (χ4n) is 1.74. The fourth-order valence-corrected chi connectivity index (χ4v) is 3.27. The first-order valence-electron chi connectivity index (χ1n) is 5.99. The van der Waals surface area contributed by atoms with Crippen molar-refractivity contribution in [3.63, 3.8) is 0 Å². The lowest BCUT2D eigenvalue weighted by atomic mass is 10.3. The van der Waals surface area contributed by atoms with Crippen LogP contribution in [0, 0.1) is 0 Å². The van der Waals surface area contributed by atoms with E-state index < -0.39 is 22.7 Å². The third kappa shape index (κ3) is 4.86. The molecule has 0 amide bonds. The maximum absolute atomic E-state index is 12.7. The molecule has 0 heterocycles. The van der Waals surface area contributed by atoms with Crippen LogP contribution in [0.25, 0.3) is 0 Å². The van der Waals surface area contributed by atoms with Crippen LogP contribution in [0.1, 0.15) is 0 Å². The quantitative estimate of drug-likeness (QED) is 0.703. The molecular weight excluding hydrogens is 373 g/mol. The van der Waals surface area contributed by atoms with Gasteiger partial charge in [-0.25, -0.2) is 12.7 Å². The molecule has 0 aliphatic carbocycles. The summed E-state index contributed by atoms with van der Waals surface area (Å²) in [6.07, 6.45) is -4.42. The first kappa shape index (κ1) is 18.2. The minimum atomic E-state index is -4.42. The molecule has 1 rings (SSSR count). The lowest BCUT2D eigenvalue weighted by molar-refractivity contribution is -0.119. The number of alkyl halides is 4. The monoisotopic (exact) mass is 388 g/mol. The average Bonchev–Trinajstić information content (AvgIpc) is 2.36. The molecule has 0 fully saturated rings. The van der Waals surface area contributed by atoms with E-state index in [9.17, 15) is 21.6 Å². The van der Waals surface area contributed by atoms with Crippen molar-refractivity contribution in [2.75, 3.05) is 37.4 Å². The highest BCUT2D eigenvalue weighted by atomic mass is 79.9. The summed E-state index contributed by atoms with van der Waals surface area (Å²) >= 11 is 3.09. The van der Waals surface area contributed by atoms with E-state index in [1.165, 1.54) is 38.4 Å². The van der Waals surface area contributed by atoms with E-state index >= 15 is 0 Å². The predicted molar refractivity (Wildman–Crippen MR) is 79.4 cm³/mol. The van der Waals surface area contributed by atoms with Gasteiger partial charge in [-0.1, -0.05) is 28.1 Å². The highest BCUT2D eigenvalue weighted by molar-refractivity contribution is 9.09. The summed E-state index contributed by atoms with van der Waals surface area (Å²) in [4.78, 5) is 0.866. The maximum Gasteiger partial charge on any atom is 0.405 e. The van der Waals surface area contributed by atoms with Crippen molar-refractivity contribution in [1.29, 1.82) is 0 Å². The third-order valence-electron chi connectivity index (χ3n) is 2.69. The van der Waals surface area contributed by atoms with Crippen molar-refractivity contribution in [3.8, 4) is 0 Å². The van der Waals surface area contributed by atoms with E-state index in [0.29, 0.717) is 5.33 Å². The highest BCUT2D eigenvalue weighted by Crippen LogP contribution is 2.29. The van der Waals surface area contributed by atoms with Crippen LogP contribution in [-0.4, -0.2) is 51.4 Å². The van der Waals surface area contributed by atoms with E-state index in [-0.39, 0.29) is 17.1 Å². The summed E-state index contributed by atoms with van der Waals surface area (Å²) in [6, 6.07) is 5.69. The molecule has 0 spiro atoms. The first-order valence-corrected chi connectivity index (χ1v) is 8.55. The Kier molecular flexibility index (Phi) is 6.06. The summed E-state index contributed by atoms with van der Waals surface area (Å²) in [5.41, 5.74) is 0.0444. The molecule has 0 unspecified atom stereocenters. The van der Waals surface area contributed by atoms with Gasteiger partial charge in [0.25, 0.3) is 0 Å². The van der Waals surface area contributed by atoms with Gasteiger partial charge in [-0.2, -0.15) is 13.2 Å². The molecule has 0 bridgehead atoms. The largest absolute Gasteiger partial charge is 0.405 e. The number of hydrogen-bond acceptors (Lipinski definition) is 3. The molecule has 0 saturated carbocycles. The van der Waals surface area contributed by atoms with Crippen LogP contribution < -0.4 is 4.90 Å². The zero-order chi connectivity index (χ0) is 16.3. The molecule has 1 aromatic rings. The molecule has 0 aliphatic rings. The summed E-state index contributed by atoms with van der Waals surface area (Å²) < 4.78 is 63.5. The van der Waals surface area contributed by atoms with Crippen LogP contribution in [0.3, 0.4) is 0 Å². The third-order valence-corrected chi connectivity index (χ3v) is 4.91. The number of anilines is 1. The van der Waals surface area contributed by atoms with E-state index in [1.54, 1.807) is 0 Å². The van der Waals surface area contributed by atoms with E-state index in [1.807, 2.05) is 0 Å². The van der Waals surface area contributed by atoms with Gasteiger partial charge in [-0.05, 0) is 12.1 Å². The first-order chi connectivity index (χ1) is 9.59. The van der Waals surface area contributed by atoms with Gasteiger partial charge < -0.3 is 4.90 Å². The normalized spacial score (nSPS) is 12.7. The van der Waals surface area contributed by atoms with E-state index in [2.05, 4.69) is 15.9 Å². The van der Waals surface area contributed by atoms with Gasteiger partial charge >= 0.3 is 6.18 Å². The maximum atomic E-state index is 12.7. The second kappa shape index (κ2) is 6.97. The number of rotatable bonds is 6. The Labute approximate surface area is 130 Å². The zero-order valence-corrected chi connectivity index (χ0v) is 14.0. The Bertz CT molecular complexity index is 576. The van der Waals surface area contributed by atoms with Crippen molar-refractivity contribution in [1.82, 2.24) is 4.31 Å². The van der Waals surface area contributed by atoms with E-state index in [0.717, 1.165) is 9.21 Å². The Hall–Kier alpha value is -0.800. The number of hydrogen-bond donors (Lipinski definition) is 0. The summed E-state index contributed by atoms with van der Waals surface area (Å²) in [7, 11) is -1.14. The average molecular weight is 389 g/mol. The van der Waals surface area contributed by atoms with Gasteiger partial charge in [0, 0.05) is 26.0 Å². The van der Waals surface area contributed by atoms with Crippen LogP contribution in [0.15, 0.2) is 29.2 Å². The van der Waals surface area contributed by atoms with Crippen LogP contribution in [0.2, 0.25) is 0 Å². The standard InChI is InChI=1S/C12H16BrF3N2O2S/c1-17(2)21(19,20)11-6-4-3-5-10(11)18(8-7-13)9-12(14,15)16/h3-6H,7-9H2,1-2H3. The van der Waals surface area contributed by atoms with Crippen molar-refractivity contribution >= 4 is 31.6 Å². The van der Waals surface area contributed by atoms with Crippen LogP contribution >= 0.6 is 15.9 Å². The van der Waals surface area contributed by atoms with Gasteiger partial charge in [0.05, 0.1) is 5.69 Å². The molecule has 4 nitrogen and oxygen atoms in total. The van der Waals surface area contributed by atoms with Gasteiger partial charge in [-0.15, -0.1) is 0 Å². The number of halogens is 4. The molecule has 0 N–H and O–H groups in total. The van der Waals surface area contributed by atoms with Crippen LogP contribution in [0.4, 0.5) is 18.9 Å². The minimum absolute atomic E-state index is 0.0411. The Morgan fingerprint density at radius 2 is 1.76 bits per heavy atom.